The maximum atomic E-state index is 13.7. The van der Waals surface area contributed by atoms with E-state index in [4.69, 9.17) is 19.2 Å². The Morgan fingerprint density at radius 2 is 1.71 bits per heavy atom. The van der Waals surface area contributed by atoms with Gasteiger partial charge in [-0.3, -0.25) is 14.6 Å². The fraction of sp³-hybridized carbons (Fsp3) is 0.370. The van der Waals surface area contributed by atoms with E-state index < -0.39 is 17.8 Å². The Hall–Kier alpha value is -3.48. The molecular weight excluding hydrogens is 437 g/mol. The Kier molecular flexibility index (Phi) is 6.82. The number of Topliss-reactive ketones (excluding diaryl/α,β-unsaturated/α-hetero) is 1. The first-order valence-electron chi connectivity index (χ1n) is 11.3. The minimum absolute atomic E-state index is 0.0686. The first-order chi connectivity index (χ1) is 16.4. The number of carbonyl (C=O) groups excluding carboxylic acids is 2. The molecule has 178 valence electrons. The highest BCUT2D eigenvalue weighted by Crippen LogP contribution is 2.47. The Morgan fingerprint density at radius 3 is 2.35 bits per heavy atom. The molecule has 2 aliphatic rings. The van der Waals surface area contributed by atoms with E-state index in [2.05, 4.69) is 0 Å². The number of hydrogen-bond acceptors (Lipinski definition) is 6. The summed E-state index contributed by atoms with van der Waals surface area (Å²) in [6.07, 6.45) is 0.817. The van der Waals surface area contributed by atoms with Crippen LogP contribution in [0.3, 0.4) is 0 Å². The molecule has 1 heterocycles. The number of ketones is 1. The molecule has 0 spiro atoms. The average molecular weight is 466 g/mol. The number of carbonyl (C=O) groups is 2. The lowest BCUT2D eigenvalue weighted by molar-refractivity contribution is -0.146. The number of allylic oxidation sites excluding steroid dienone is 2. The number of halogens is 1. The number of methoxy groups -OCH3 is 2. The van der Waals surface area contributed by atoms with E-state index in [0.29, 0.717) is 40.5 Å². The van der Waals surface area contributed by atoms with Crippen LogP contribution in [0.1, 0.15) is 49.7 Å². The molecule has 3 atom stereocenters. The quantitative estimate of drug-likeness (QED) is 0.563. The summed E-state index contributed by atoms with van der Waals surface area (Å²) in [4.78, 5) is 31.2. The van der Waals surface area contributed by atoms with Crippen molar-refractivity contribution in [3.8, 4) is 11.5 Å². The highest BCUT2D eigenvalue weighted by molar-refractivity contribution is 6.09. The van der Waals surface area contributed by atoms with Gasteiger partial charge in [-0.25, -0.2) is 4.39 Å². The third-order valence-electron chi connectivity index (χ3n) is 6.54. The molecule has 2 aromatic carbocycles. The van der Waals surface area contributed by atoms with Crippen molar-refractivity contribution in [1.82, 2.24) is 0 Å². The predicted molar refractivity (Wildman–Crippen MR) is 126 cm³/mol. The molecule has 0 bridgehead atoms. The number of aliphatic imine (C=N–C) groups is 1. The lowest BCUT2D eigenvalue weighted by Gasteiger charge is -2.36. The van der Waals surface area contributed by atoms with Gasteiger partial charge in [0.2, 0.25) is 0 Å². The average Bonchev–Trinajstić information content (AvgIpc) is 2.83. The van der Waals surface area contributed by atoms with Crippen LogP contribution in [0.15, 0.2) is 58.7 Å². The molecule has 2 aromatic rings. The van der Waals surface area contributed by atoms with Crippen LogP contribution in [0.5, 0.6) is 11.5 Å². The standard InChI is InChI=1S/C27H28FNO5/c1-5-34-27(31)24-15(2)29-20-12-18(17-8-11-22(32-3)23(14-17)33-4)13-21(30)26(20)25(24)16-6-9-19(28)10-7-16/h6-11,14,18,24-25H,5,12-13H2,1-4H3/t18-,24?,25-/m0/s1. The van der Waals surface area contributed by atoms with Crippen molar-refractivity contribution in [3.05, 3.63) is 70.7 Å². The second-order valence-electron chi connectivity index (χ2n) is 8.52. The number of rotatable bonds is 6. The van der Waals surface area contributed by atoms with Crippen molar-refractivity contribution < 1.29 is 28.2 Å². The number of esters is 1. The molecule has 1 unspecified atom stereocenters. The van der Waals surface area contributed by atoms with E-state index in [1.165, 1.54) is 12.1 Å². The van der Waals surface area contributed by atoms with Crippen molar-refractivity contribution in [3.63, 3.8) is 0 Å². The van der Waals surface area contributed by atoms with Gasteiger partial charge < -0.3 is 14.2 Å². The molecule has 1 aliphatic heterocycles. The van der Waals surface area contributed by atoms with Gasteiger partial charge in [0.25, 0.3) is 0 Å². The summed E-state index contributed by atoms with van der Waals surface area (Å²) in [5.41, 5.74) is 3.43. The zero-order valence-electron chi connectivity index (χ0n) is 19.8. The molecule has 0 fully saturated rings. The third kappa shape index (κ3) is 4.34. The Bertz CT molecular complexity index is 1170. The van der Waals surface area contributed by atoms with E-state index in [1.54, 1.807) is 40.2 Å². The van der Waals surface area contributed by atoms with Crippen molar-refractivity contribution in [2.45, 2.75) is 38.5 Å². The summed E-state index contributed by atoms with van der Waals surface area (Å²) in [6.45, 7) is 3.75. The molecule has 4 rings (SSSR count). The molecule has 0 N–H and O–H groups in total. The Balaban J connectivity index is 1.77. The largest absolute Gasteiger partial charge is 0.493 e. The lowest BCUT2D eigenvalue weighted by atomic mass is 9.69. The highest BCUT2D eigenvalue weighted by atomic mass is 19.1. The number of ether oxygens (including phenoxy) is 3. The second kappa shape index (κ2) is 9.79. The normalized spacial score (nSPS) is 22.1. The van der Waals surface area contributed by atoms with Crippen LogP contribution in [0.2, 0.25) is 0 Å². The Morgan fingerprint density at radius 1 is 1.03 bits per heavy atom. The van der Waals surface area contributed by atoms with Crippen LogP contribution in [-0.2, 0) is 14.3 Å². The molecular formula is C27H28FNO5. The van der Waals surface area contributed by atoms with Gasteiger partial charge in [0.15, 0.2) is 17.3 Å². The van der Waals surface area contributed by atoms with Crippen molar-refractivity contribution in [2.24, 2.45) is 10.9 Å². The molecule has 6 nitrogen and oxygen atoms in total. The van der Waals surface area contributed by atoms with E-state index in [1.807, 2.05) is 18.2 Å². The maximum absolute atomic E-state index is 13.7. The molecule has 7 heteroatoms. The van der Waals surface area contributed by atoms with E-state index in [9.17, 15) is 14.0 Å². The summed E-state index contributed by atoms with van der Waals surface area (Å²) >= 11 is 0. The lowest BCUT2D eigenvalue weighted by Crippen LogP contribution is -2.38. The second-order valence-corrected chi connectivity index (χ2v) is 8.52. The maximum Gasteiger partial charge on any atom is 0.315 e. The Labute approximate surface area is 198 Å². The predicted octanol–water partition coefficient (Wildman–Crippen LogP) is 4.98. The van der Waals surface area contributed by atoms with Gasteiger partial charge in [0.1, 0.15) is 11.7 Å². The SMILES string of the molecule is CCOC(=O)C1C(C)=NC2=C(C(=O)C[C@@H](c3ccc(OC)c(OC)c3)C2)[C@H]1c1ccc(F)cc1. The van der Waals surface area contributed by atoms with Gasteiger partial charge in [-0.05, 0) is 61.6 Å². The van der Waals surface area contributed by atoms with Gasteiger partial charge in [0.05, 0.1) is 20.8 Å². The monoisotopic (exact) mass is 465 g/mol. The van der Waals surface area contributed by atoms with Crippen molar-refractivity contribution in [2.75, 3.05) is 20.8 Å². The smallest absolute Gasteiger partial charge is 0.315 e. The molecule has 0 radical (unpaired) electrons. The van der Waals surface area contributed by atoms with Crippen LogP contribution in [0.4, 0.5) is 4.39 Å². The molecule has 0 aromatic heterocycles. The van der Waals surface area contributed by atoms with Crippen molar-refractivity contribution >= 4 is 17.5 Å². The zero-order chi connectivity index (χ0) is 24.4. The van der Waals surface area contributed by atoms with Gasteiger partial charge in [-0.1, -0.05) is 18.2 Å². The molecule has 0 saturated carbocycles. The molecule has 34 heavy (non-hydrogen) atoms. The summed E-state index contributed by atoms with van der Waals surface area (Å²) in [6, 6.07) is 11.6. The summed E-state index contributed by atoms with van der Waals surface area (Å²) in [5, 5.41) is 0. The van der Waals surface area contributed by atoms with Crippen LogP contribution in [0, 0.1) is 11.7 Å². The van der Waals surface area contributed by atoms with Gasteiger partial charge in [0, 0.05) is 29.3 Å². The zero-order valence-corrected chi connectivity index (χ0v) is 19.8. The minimum atomic E-state index is -0.731. The van der Waals surface area contributed by atoms with Gasteiger partial charge in [-0.15, -0.1) is 0 Å². The number of nitrogens with zero attached hydrogens (tertiary/aromatic N) is 1. The topological polar surface area (TPSA) is 74.2 Å². The van der Waals surface area contributed by atoms with E-state index >= 15 is 0 Å². The fourth-order valence-corrected chi connectivity index (χ4v) is 4.97. The van der Waals surface area contributed by atoms with Crippen LogP contribution >= 0.6 is 0 Å². The first kappa shape index (κ1) is 23.7. The highest BCUT2D eigenvalue weighted by Gasteiger charge is 2.44. The molecule has 1 aliphatic carbocycles. The first-order valence-corrected chi connectivity index (χ1v) is 11.3. The minimum Gasteiger partial charge on any atom is -0.493 e. The van der Waals surface area contributed by atoms with Gasteiger partial charge >= 0.3 is 5.97 Å². The van der Waals surface area contributed by atoms with Crippen LogP contribution in [0.25, 0.3) is 0 Å². The fourth-order valence-electron chi connectivity index (χ4n) is 4.97. The summed E-state index contributed by atoms with van der Waals surface area (Å²) in [7, 11) is 3.15. The summed E-state index contributed by atoms with van der Waals surface area (Å²) in [5.74, 6) is -1.04. The van der Waals surface area contributed by atoms with Gasteiger partial charge in [-0.2, -0.15) is 0 Å². The van der Waals surface area contributed by atoms with Crippen molar-refractivity contribution in [1.29, 1.82) is 0 Å². The van der Waals surface area contributed by atoms with Crippen LogP contribution in [-0.4, -0.2) is 38.3 Å². The molecule has 0 saturated heterocycles. The van der Waals surface area contributed by atoms with Crippen LogP contribution < -0.4 is 9.47 Å². The summed E-state index contributed by atoms with van der Waals surface area (Å²) < 4.78 is 29.8. The third-order valence-corrected chi connectivity index (χ3v) is 6.54. The number of benzene rings is 2. The molecule has 0 amide bonds. The number of hydrogen-bond donors (Lipinski definition) is 0. The van der Waals surface area contributed by atoms with E-state index in [0.717, 1.165) is 5.56 Å². The van der Waals surface area contributed by atoms with E-state index in [-0.39, 0.29) is 30.5 Å².